The number of nitrogens with zero attached hydrogens (tertiary/aromatic N) is 1. The molecule has 0 atom stereocenters. The summed E-state index contributed by atoms with van der Waals surface area (Å²) in [5.74, 6) is -1.05. The molecule has 0 bridgehead atoms. The lowest BCUT2D eigenvalue weighted by Crippen LogP contribution is -2.36. The summed E-state index contributed by atoms with van der Waals surface area (Å²) in [7, 11) is 0. The molecule has 1 fully saturated rings. The first-order valence-corrected chi connectivity index (χ1v) is 9.99. The lowest BCUT2D eigenvalue weighted by molar-refractivity contribution is -0.136. The monoisotopic (exact) mass is 455 g/mol. The van der Waals surface area contributed by atoms with Gasteiger partial charge >= 0.3 is 6.18 Å². The van der Waals surface area contributed by atoms with Crippen molar-refractivity contribution in [1.82, 2.24) is 5.32 Å². The lowest BCUT2D eigenvalue weighted by atomic mass is 10.1. The Bertz CT molecular complexity index is 930. The van der Waals surface area contributed by atoms with Crippen molar-refractivity contribution in [1.29, 1.82) is 0 Å². The Morgan fingerprint density at radius 2 is 1.74 bits per heavy atom. The van der Waals surface area contributed by atoms with Crippen molar-refractivity contribution in [2.45, 2.75) is 12.6 Å². The molecule has 3 rings (SSSR count). The van der Waals surface area contributed by atoms with Gasteiger partial charge in [-0.15, -0.1) is 0 Å². The molecule has 0 spiro atoms. The van der Waals surface area contributed by atoms with E-state index in [1.807, 2.05) is 0 Å². The minimum Gasteiger partial charge on any atom is -0.378 e. The molecule has 1 aliphatic heterocycles. The first-order chi connectivity index (χ1) is 14.7. The Balaban J connectivity index is 1.60. The van der Waals surface area contributed by atoms with Crippen LogP contribution in [0.4, 0.5) is 24.5 Å². The molecule has 2 amide bonds. The van der Waals surface area contributed by atoms with E-state index in [0.29, 0.717) is 42.6 Å². The predicted molar refractivity (Wildman–Crippen MR) is 112 cm³/mol. The Morgan fingerprint density at radius 3 is 2.39 bits per heavy atom. The van der Waals surface area contributed by atoms with Gasteiger partial charge in [-0.25, -0.2) is 0 Å². The second kappa shape index (κ2) is 10.0. The maximum absolute atomic E-state index is 13.6. The molecule has 0 unspecified atom stereocenters. The molecule has 166 valence electrons. The van der Waals surface area contributed by atoms with Gasteiger partial charge in [0.2, 0.25) is 5.91 Å². The molecule has 1 aliphatic rings. The summed E-state index contributed by atoms with van der Waals surface area (Å²) in [6.45, 7) is 1.86. The predicted octanol–water partition coefficient (Wildman–Crippen LogP) is 3.95. The lowest BCUT2D eigenvalue weighted by Gasteiger charge is -2.29. The number of ether oxygens (including phenoxy) is 1. The Labute approximate surface area is 182 Å². The number of alkyl halides is 3. The standard InChI is InChI=1S/C21H21ClF3N3O3/c22-15-3-1-14(2-4-15)20(30)26-8-7-19(29)27-18-6-5-16(13-17(18)21(23,24)25)28-9-11-31-12-10-28/h1-6,13H,7-12H2,(H,26,30)(H,27,29). The smallest absolute Gasteiger partial charge is 0.378 e. The van der Waals surface area contributed by atoms with Crippen molar-refractivity contribution in [2.75, 3.05) is 43.1 Å². The molecule has 2 N–H and O–H groups in total. The number of nitrogens with one attached hydrogen (secondary N) is 2. The normalized spacial score (nSPS) is 14.3. The highest BCUT2D eigenvalue weighted by molar-refractivity contribution is 6.30. The van der Waals surface area contributed by atoms with Gasteiger partial charge in [-0.2, -0.15) is 13.2 Å². The molecule has 1 saturated heterocycles. The van der Waals surface area contributed by atoms with Crippen LogP contribution in [0.25, 0.3) is 0 Å². The maximum atomic E-state index is 13.6. The zero-order valence-corrected chi connectivity index (χ0v) is 17.2. The van der Waals surface area contributed by atoms with Gasteiger partial charge in [0.15, 0.2) is 0 Å². The van der Waals surface area contributed by atoms with Gasteiger partial charge in [0.1, 0.15) is 0 Å². The number of hydrogen-bond acceptors (Lipinski definition) is 4. The van der Waals surface area contributed by atoms with Crippen LogP contribution in [0.3, 0.4) is 0 Å². The Morgan fingerprint density at radius 1 is 1.06 bits per heavy atom. The summed E-state index contributed by atoms with van der Waals surface area (Å²) in [4.78, 5) is 26.0. The van der Waals surface area contributed by atoms with Crippen molar-refractivity contribution in [3.8, 4) is 0 Å². The zero-order valence-electron chi connectivity index (χ0n) is 16.5. The second-order valence-corrected chi connectivity index (χ2v) is 7.32. The number of hydrogen-bond donors (Lipinski definition) is 2. The third-order valence-corrected chi connectivity index (χ3v) is 4.95. The van der Waals surface area contributed by atoms with E-state index in [4.69, 9.17) is 16.3 Å². The molecule has 0 aliphatic carbocycles. The van der Waals surface area contributed by atoms with E-state index in [-0.39, 0.29) is 18.7 Å². The van der Waals surface area contributed by atoms with E-state index in [1.54, 1.807) is 23.1 Å². The SMILES string of the molecule is O=C(CCNC(=O)c1ccc(Cl)cc1)Nc1ccc(N2CCOCC2)cc1C(F)(F)F. The number of morpholine rings is 1. The number of rotatable bonds is 6. The molecule has 31 heavy (non-hydrogen) atoms. The minimum atomic E-state index is -4.63. The molecular formula is C21H21ClF3N3O3. The van der Waals surface area contributed by atoms with Crippen LogP contribution in [0.1, 0.15) is 22.3 Å². The fourth-order valence-electron chi connectivity index (χ4n) is 3.10. The topological polar surface area (TPSA) is 70.7 Å². The summed E-state index contributed by atoms with van der Waals surface area (Å²) in [5, 5.41) is 5.33. The van der Waals surface area contributed by atoms with Crippen LogP contribution in [0, 0.1) is 0 Å². The molecule has 0 aromatic heterocycles. The van der Waals surface area contributed by atoms with Crippen LogP contribution in [-0.4, -0.2) is 44.7 Å². The maximum Gasteiger partial charge on any atom is 0.418 e. The van der Waals surface area contributed by atoms with Crippen LogP contribution >= 0.6 is 11.6 Å². The van der Waals surface area contributed by atoms with Gasteiger partial charge in [0.25, 0.3) is 5.91 Å². The van der Waals surface area contributed by atoms with Gasteiger partial charge in [-0.3, -0.25) is 9.59 Å². The van der Waals surface area contributed by atoms with Crippen LogP contribution in [0.5, 0.6) is 0 Å². The first-order valence-electron chi connectivity index (χ1n) is 9.61. The number of benzene rings is 2. The number of carbonyl (C=O) groups excluding carboxylic acids is 2. The highest BCUT2D eigenvalue weighted by atomic mass is 35.5. The van der Waals surface area contributed by atoms with Gasteiger partial charge in [0, 0.05) is 42.3 Å². The Hall–Kier alpha value is -2.78. The van der Waals surface area contributed by atoms with Gasteiger partial charge in [-0.1, -0.05) is 11.6 Å². The highest BCUT2D eigenvalue weighted by Gasteiger charge is 2.34. The Kier molecular flexibility index (Phi) is 7.40. The van der Waals surface area contributed by atoms with E-state index in [1.165, 1.54) is 18.2 Å². The molecule has 2 aromatic carbocycles. The van der Waals surface area contributed by atoms with Crippen LogP contribution in [0.2, 0.25) is 5.02 Å². The molecule has 0 saturated carbocycles. The molecule has 0 radical (unpaired) electrons. The van der Waals surface area contributed by atoms with Crippen molar-refractivity contribution in [3.63, 3.8) is 0 Å². The molecular weight excluding hydrogens is 435 g/mol. The molecule has 1 heterocycles. The second-order valence-electron chi connectivity index (χ2n) is 6.89. The van der Waals surface area contributed by atoms with Gasteiger partial charge in [-0.05, 0) is 42.5 Å². The minimum absolute atomic E-state index is 0.0273. The third kappa shape index (κ3) is 6.35. The average Bonchev–Trinajstić information content (AvgIpc) is 2.74. The van der Waals surface area contributed by atoms with Crippen LogP contribution < -0.4 is 15.5 Å². The quantitative estimate of drug-likeness (QED) is 0.692. The van der Waals surface area contributed by atoms with Crippen LogP contribution in [-0.2, 0) is 15.7 Å². The highest BCUT2D eigenvalue weighted by Crippen LogP contribution is 2.37. The number of carbonyl (C=O) groups is 2. The van der Waals surface area contributed by atoms with Gasteiger partial charge < -0.3 is 20.3 Å². The third-order valence-electron chi connectivity index (χ3n) is 4.70. The molecule has 6 nitrogen and oxygen atoms in total. The fourth-order valence-corrected chi connectivity index (χ4v) is 3.23. The summed E-state index contributed by atoms with van der Waals surface area (Å²) >= 11 is 5.76. The summed E-state index contributed by atoms with van der Waals surface area (Å²) in [6, 6.07) is 10.00. The molecule has 2 aromatic rings. The molecule has 10 heteroatoms. The van der Waals surface area contributed by atoms with E-state index in [2.05, 4.69) is 10.6 Å². The van der Waals surface area contributed by atoms with E-state index in [0.717, 1.165) is 6.07 Å². The van der Waals surface area contributed by atoms with Crippen LogP contribution in [0.15, 0.2) is 42.5 Å². The largest absolute Gasteiger partial charge is 0.418 e. The fraction of sp³-hybridized carbons (Fsp3) is 0.333. The van der Waals surface area contributed by atoms with Crippen molar-refractivity contribution in [2.24, 2.45) is 0 Å². The van der Waals surface area contributed by atoms with Crippen molar-refractivity contribution < 1.29 is 27.5 Å². The van der Waals surface area contributed by atoms with E-state index in [9.17, 15) is 22.8 Å². The first kappa shape index (κ1) is 22.9. The number of halogens is 4. The summed E-state index contributed by atoms with van der Waals surface area (Å²) in [6.07, 6.45) is -4.81. The zero-order chi connectivity index (χ0) is 22.4. The van der Waals surface area contributed by atoms with Crippen molar-refractivity contribution in [3.05, 3.63) is 58.6 Å². The van der Waals surface area contributed by atoms with Crippen molar-refractivity contribution >= 4 is 34.8 Å². The van der Waals surface area contributed by atoms with Gasteiger partial charge in [0.05, 0.1) is 24.5 Å². The van der Waals surface area contributed by atoms with E-state index < -0.39 is 23.6 Å². The van der Waals surface area contributed by atoms with E-state index >= 15 is 0 Å². The summed E-state index contributed by atoms with van der Waals surface area (Å²) in [5.41, 5.74) is -0.458. The average molecular weight is 456 g/mol. The number of amides is 2. The number of anilines is 2. The summed E-state index contributed by atoms with van der Waals surface area (Å²) < 4.78 is 45.9.